The van der Waals surface area contributed by atoms with E-state index in [1.807, 2.05) is 0 Å². The fraction of sp³-hybridized carbons (Fsp3) is 0.824. The zero-order valence-corrected chi connectivity index (χ0v) is 17.6. The smallest absolute Gasteiger partial charge is 0.336 e. The van der Waals surface area contributed by atoms with Crippen LogP contribution in [-0.4, -0.2) is 60.1 Å². The molecule has 0 aromatic carbocycles. The van der Waals surface area contributed by atoms with Crippen molar-refractivity contribution < 1.29 is 10.2 Å². The molecule has 0 bridgehead atoms. The molecule has 1 aromatic rings. The maximum absolute atomic E-state index is 12.6. The van der Waals surface area contributed by atoms with Gasteiger partial charge in [0.25, 0.3) is 0 Å². The van der Waals surface area contributed by atoms with Crippen LogP contribution >= 0.6 is 23.5 Å². The molecule has 1 aromatic heterocycles. The molecule has 1 rings (SSSR count). The largest absolute Gasteiger partial charge is 0.396 e. The first-order valence-electron chi connectivity index (χ1n) is 9.40. The van der Waals surface area contributed by atoms with Crippen molar-refractivity contribution in [1.82, 2.24) is 13.7 Å². The lowest BCUT2D eigenvalue weighted by Crippen LogP contribution is -2.54. The Morgan fingerprint density at radius 3 is 1.41 bits per heavy atom. The molecule has 0 saturated heterocycles. The second-order valence-electron chi connectivity index (χ2n) is 5.98. The van der Waals surface area contributed by atoms with Gasteiger partial charge in [-0.25, -0.2) is 28.1 Å². The van der Waals surface area contributed by atoms with E-state index in [1.165, 1.54) is 0 Å². The first-order chi connectivity index (χ1) is 13.1. The van der Waals surface area contributed by atoms with Gasteiger partial charge in [0.15, 0.2) is 0 Å². The van der Waals surface area contributed by atoms with E-state index in [4.69, 9.17) is 10.2 Å². The first-order valence-corrected chi connectivity index (χ1v) is 11.7. The quantitative estimate of drug-likeness (QED) is 0.390. The Kier molecular flexibility index (Phi) is 12.6. The third-order valence-electron chi connectivity index (χ3n) is 3.94. The number of aliphatic hydroxyl groups is 2. The molecule has 10 heteroatoms. The van der Waals surface area contributed by atoms with Crippen molar-refractivity contribution in [2.75, 3.05) is 36.2 Å². The van der Waals surface area contributed by atoms with E-state index in [1.54, 1.807) is 30.4 Å². The first kappa shape index (κ1) is 24.1. The number of rotatable bonds is 15. The van der Waals surface area contributed by atoms with Crippen LogP contribution in [0.4, 0.5) is 0 Å². The van der Waals surface area contributed by atoms with E-state index < -0.39 is 17.1 Å². The Labute approximate surface area is 167 Å². The van der Waals surface area contributed by atoms with Gasteiger partial charge in [-0.05, 0) is 55.6 Å². The number of aromatic nitrogens is 3. The standard InChI is InChI=1S/C17H31N3O5S2/c1-2-18-15(23)19(7-3-11-26-13-5-9-21)17(25)20(16(18)24)8-4-12-27-14-6-10-22/h21-22H,2-14H2,1H3. The zero-order valence-electron chi connectivity index (χ0n) is 16.0. The average molecular weight is 422 g/mol. The summed E-state index contributed by atoms with van der Waals surface area (Å²) >= 11 is 3.35. The molecule has 0 unspecified atom stereocenters. The molecule has 0 aliphatic heterocycles. The summed E-state index contributed by atoms with van der Waals surface area (Å²) in [6, 6.07) is 0. The van der Waals surface area contributed by atoms with Crippen molar-refractivity contribution in [3.05, 3.63) is 31.5 Å². The highest BCUT2D eigenvalue weighted by Crippen LogP contribution is 2.05. The highest BCUT2D eigenvalue weighted by molar-refractivity contribution is 7.99. The molecule has 1 heterocycles. The highest BCUT2D eigenvalue weighted by Gasteiger charge is 2.14. The SMILES string of the molecule is CCn1c(=O)n(CCCSCCCO)c(=O)n(CCCSCCCO)c1=O. The molecule has 0 fully saturated rings. The second kappa shape index (κ2) is 14.1. The van der Waals surface area contributed by atoms with Crippen LogP contribution < -0.4 is 17.1 Å². The summed E-state index contributed by atoms with van der Waals surface area (Å²) in [5, 5.41) is 17.5. The fourth-order valence-electron chi connectivity index (χ4n) is 2.52. The van der Waals surface area contributed by atoms with E-state index in [0.717, 1.165) is 49.6 Å². The van der Waals surface area contributed by atoms with Crippen LogP contribution in [0.5, 0.6) is 0 Å². The van der Waals surface area contributed by atoms with Gasteiger partial charge in [-0.3, -0.25) is 0 Å². The van der Waals surface area contributed by atoms with Crippen molar-refractivity contribution in [2.45, 2.75) is 52.2 Å². The van der Waals surface area contributed by atoms with Gasteiger partial charge in [-0.15, -0.1) is 0 Å². The Balaban J connectivity index is 2.80. The molecule has 0 amide bonds. The lowest BCUT2D eigenvalue weighted by molar-refractivity contribution is 0.296. The molecule has 0 spiro atoms. The highest BCUT2D eigenvalue weighted by atomic mass is 32.2. The predicted octanol–water partition coefficient (Wildman–Crippen LogP) is 0.203. The van der Waals surface area contributed by atoms with E-state index in [-0.39, 0.29) is 32.8 Å². The summed E-state index contributed by atoms with van der Waals surface area (Å²) in [7, 11) is 0. The Morgan fingerprint density at radius 1 is 0.667 bits per heavy atom. The average Bonchev–Trinajstić information content (AvgIpc) is 2.66. The number of aliphatic hydroxyl groups excluding tert-OH is 2. The summed E-state index contributed by atoms with van der Waals surface area (Å²) in [5.41, 5.74) is -1.61. The molecule has 0 saturated carbocycles. The Hall–Kier alpha value is -0.970. The normalized spacial score (nSPS) is 11.2. The topological polar surface area (TPSA) is 106 Å². The number of nitrogens with zero attached hydrogens (tertiary/aromatic N) is 3. The van der Waals surface area contributed by atoms with E-state index in [9.17, 15) is 14.4 Å². The molecular formula is C17H31N3O5S2. The molecule has 0 aliphatic carbocycles. The molecule has 2 N–H and O–H groups in total. The van der Waals surface area contributed by atoms with Crippen LogP contribution in [0, 0.1) is 0 Å². The van der Waals surface area contributed by atoms with Crippen LogP contribution in [0.2, 0.25) is 0 Å². The van der Waals surface area contributed by atoms with Gasteiger partial charge >= 0.3 is 17.1 Å². The van der Waals surface area contributed by atoms with Gasteiger partial charge in [-0.1, -0.05) is 0 Å². The van der Waals surface area contributed by atoms with E-state index in [0.29, 0.717) is 12.8 Å². The minimum Gasteiger partial charge on any atom is -0.396 e. The number of thioether (sulfide) groups is 2. The van der Waals surface area contributed by atoms with E-state index >= 15 is 0 Å². The van der Waals surface area contributed by atoms with Crippen molar-refractivity contribution in [3.8, 4) is 0 Å². The fourth-order valence-corrected chi connectivity index (χ4v) is 4.26. The summed E-state index contributed by atoms with van der Waals surface area (Å²) in [4.78, 5) is 37.6. The molecule has 27 heavy (non-hydrogen) atoms. The van der Waals surface area contributed by atoms with Crippen molar-refractivity contribution in [2.24, 2.45) is 0 Å². The van der Waals surface area contributed by atoms with Gasteiger partial charge < -0.3 is 10.2 Å². The maximum atomic E-state index is 12.6. The van der Waals surface area contributed by atoms with Crippen molar-refractivity contribution in [1.29, 1.82) is 0 Å². The molecule has 0 aliphatic rings. The zero-order chi connectivity index (χ0) is 20.1. The number of hydrogen-bond acceptors (Lipinski definition) is 7. The number of hydrogen-bond donors (Lipinski definition) is 2. The minimum atomic E-state index is -0.540. The predicted molar refractivity (Wildman–Crippen MR) is 112 cm³/mol. The molecule has 156 valence electrons. The van der Waals surface area contributed by atoms with Crippen LogP contribution in [-0.2, 0) is 19.6 Å². The van der Waals surface area contributed by atoms with Crippen LogP contribution in [0.1, 0.15) is 32.6 Å². The summed E-state index contributed by atoms with van der Waals surface area (Å²) in [6.45, 7) is 2.85. The third-order valence-corrected chi connectivity index (χ3v) is 6.25. The summed E-state index contributed by atoms with van der Waals surface area (Å²) in [5.74, 6) is 3.27. The lowest BCUT2D eigenvalue weighted by atomic mass is 10.4. The molecule has 0 radical (unpaired) electrons. The van der Waals surface area contributed by atoms with Crippen LogP contribution in [0.25, 0.3) is 0 Å². The summed E-state index contributed by atoms with van der Waals surface area (Å²) in [6.07, 6.45) is 2.78. The van der Waals surface area contributed by atoms with Gasteiger partial charge in [0.05, 0.1) is 0 Å². The van der Waals surface area contributed by atoms with Crippen LogP contribution in [0.3, 0.4) is 0 Å². The third kappa shape index (κ3) is 7.89. The van der Waals surface area contributed by atoms with Gasteiger partial charge in [0, 0.05) is 32.8 Å². The molecule has 8 nitrogen and oxygen atoms in total. The summed E-state index contributed by atoms with van der Waals surface area (Å²) < 4.78 is 3.44. The monoisotopic (exact) mass is 421 g/mol. The van der Waals surface area contributed by atoms with Gasteiger partial charge in [0.1, 0.15) is 0 Å². The van der Waals surface area contributed by atoms with E-state index in [2.05, 4.69) is 0 Å². The van der Waals surface area contributed by atoms with Gasteiger partial charge in [-0.2, -0.15) is 23.5 Å². The minimum absolute atomic E-state index is 0.164. The van der Waals surface area contributed by atoms with Crippen molar-refractivity contribution >= 4 is 23.5 Å². The lowest BCUT2D eigenvalue weighted by Gasteiger charge is -2.13. The molecule has 0 atom stereocenters. The second-order valence-corrected chi connectivity index (χ2v) is 8.43. The maximum Gasteiger partial charge on any atom is 0.336 e. The Morgan fingerprint density at radius 2 is 1.04 bits per heavy atom. The van der Waals surface area contributed by atoms with Crippen molar-refractivity contribution in [3.63, 3.8) is 0 Å². The molecular weight excluding hydrogens is 390 g/mol. The Bertz CT molecular complexity index is 660. The van der Waals surface area contributed by atoms with Crippen LogP contribution in [0.15, 0.2) is 14.4 Å². The van der Waals surface area contributed by atoms with Gasteiger partial charge in [0.2, 0.25) is 0 Å².